The smallest absolute Gasteiger partial charge is 0.229 e. The number of benzene rings is 1. The number of nitrogens with one attached hydrogen (secondary N) is 3. The zero-order valence-electron chi connectivity index (χ0n) is 13.4. The topological polar surface area (TPSA) is 91.8 Å². The van der Waals surface area contributed by atoms with E-state index in [1.54, 1.807) is 26.3 Å². The Morgan fingerprint density at radius 3 is 2.64 bits per heavy atom. The molecule has 124 valence electrons. The summed E-state index contributed by atoms with van der Waals surface area (Å²) in [5.74, 6) is 0.624. The Kier molecular flexibility index (Phi) is 7.13. The zero-order chi connectivity index (χ0) is 16.6. The molecule has 0 aliphatic carbocycles. The number of aliphatic imine (C=N–C) groups is 1. The molecule has 1 unspecified atom stereocenters. The molecular weight excluding hydrogens is 304 g/mol. The fraction of sp³-hybridized carbons (Fsp3) is 0.500. The largest absolute Gasteiger partial charge is 0.383 e. The van der Waals surface area contributed by atoms with Gasteiger partial charge < -0.3 is 15.4 Å². The van der Waals surface area contributed by atoms with Crippen molar-refractivity contribution in [1.82, 2.24) is 10.6 Å². The Hall–Kier alpha value is -1.80. The molecule has 0 saturated heterocycles. The highest BCUT2D eigenvalue weighted by atomic mass is 32.2. The van der Waals surface area contributed by atoms with E-state index >= 15 is 0 Å². The summed E-state index contributed by atoms with van der Waals surface area (Å²) >= 11 is 0. The van der Waals surface area contributed by atoms with Crippen molar-refractivity contribution in [3.05, 3.63) is 29.8 Å². The number of hydrogen-bond donors (Lipinski definition) is 3. The van der Waals surface area contributed by atoms with Crippen LogP contribution in [0.15, 0.2) is 29.3 Å². The predicted octanol–water partition coefficient (Wildman–Crippen LogP) is 0.758. The van der Waals surface area contributed by atoms with Crippen molar-refractivity contribution in [2.24, 2.45) is 4.99 Å². The van der Waals surface area contributed by atoms with Crippen LogP contribution in [0, 0.1) is 0 Å². The molecule has 7 nitrogen and oxygen atoms in total. The molecule has 8 heteroatoms. The molecule has 1 atom stereocenters. The molecule has 0 saturated carbocycles. The summed E-state index contributed by atoms with van der Waals surface area (Å²) < 4.78 is 30.3. The molecule has 0 bridgehead atoms. The van der Waals surface area contributed by atoms with E-state index in [0.29, 0.717) is 24.8 Å². The Morgan fingerprint density at radius 1 is 1.36 bits per heavy atom. The third-order valence-electron chi connectivity index (χ3n) is 2.78. The maximum absolute atomic E-state index is 11.4. The fourth-order valence-electron chi connectivity index (χ4n) is 1.87. The Bertz CT molecular complexity index is 602. The molecule has 0 fully saturated rings. The number of rotatable bonds is 7. The van der Waals surface area contributed by atoms with E-state index in [2.05, 4.69) is 20.3 Å². The standard InChI is InChI=1S/C14H24N4O3S/c1-11(10-21-3)17-14(15-2)16-9-12-7-5-6-8-13(12)18-22(4,19)20/h5-8,11,18H,9-10H2,1-4H3,(H2,15,16,17). The predicted molar refractivity (Wildman–Crippen MR) is 89.6 cm³/mol. The van der Waals surface area contributed by atoms with Crippen molar-refractivity contribution in [3.8, 4) is 0 Å². The summed E-state index contributed by atoms with van der Waals surface area (Å²) in [7, 11) is 0.00614. The van der Waals surface area contributed by atoms with Crippen molar-refractivity contribution in [2.45, 2.75) is 19.5 Å². The maximum atomic E-state index is 11.4. The van der Waals surface area contributed by atoms with Crippen LogP contribution in [0.25, 0.3) is 0 Å². The van der Waals surface area contributed by atoms with Gasteiger partial charge in [0, 0.05) is 26.7 Å². The first-order valence-electron chi connectivity index (χ1n) is 6.87. The second-order valence-electron chi connectivity index (χ2n) is 4.96. The lowest BCUT2D eigenvalue weighted by Crippen LogP contribution is -2.43. The van der Waals surface area contributed by atoms with Crippen LogP contribution in [0.2, 0.25) is 0 Å². The summed E-state index contributed by atoms with van der Waals surface area (Å²) in [4.78, 5) is 4.13. The van der Waals surface area contributed by atoms with E-state index in [1.807, 2.05) is 19.1 Å². The van der Waals surface area contributed by atoms with Crippen LogP contribution in [0.3, 0.4) is 0 Å². The lowest BCUT2D eigenvalue weighted by atomic mass is 10.2. The number of anilines is 1. The fourth-order valence-corrected chi connectivity index (χ4v) is 2.47. The van der Waals surface area contributed by atoms with Crippen LogP contribution < -0.4 is 15.4 Å². The highest BCUT2D eigenvalue weighted by molar-refractivity contribution is 7.92. The molecule has 1 rings (SSSR count). The van der Waals surface area contributed by atoms with Crippen LogP contribution in [-0.4, -0.2) is 47.4 Å². The minimum absolute atomic E-state index is 0.112. The van der Waals surface area contributed by atoms with Gasteiger partial charge in [0.25, 0.3) is 0 Å². The van der Waals surface area contributed by atoms with Gasteiger partial charge in [0.15, 0.2) is 5.96 Å². The summed E-state index contributed by atoms with van der Waals surface area (Å²) in [5, 5.41) is 6.33. The lowest BCUT2D eigenvalue weighted by molar-refractivity contribution is 0.179. The number of para-hydroxylation sites is 1. The number of guanidine groups is 1. The Morgan fingerprint density at radius 2 is 2.05 bits per heavy atom. The number of methoxy groups -OCH3 is 1. The van der Waals surface area contributed by atoms with Gasteiger partial charge in [-0.25, -0.2) is 8.42 Å². The van der Waals surface area contributed by atoms with Gasteiger partial charge in [0.1, 0.15) is 0 Å². The van der Waals surface area contributed by atoms with Gasteiger partial charge in [-0.15, -0.1) is 0 Å². The van der Waals surface area contributed by atoms with Gasteiger partial charge in [-0.05, 0) is 18.6 Å². The number of sulfonamides is 1. The summed E-state index contributed by atoms with van der Waals surface area (Å²) in [5.41, 5.74) is 1.38. The van der Waals surface area contributed by atoms with E-state index < -0.39 is 10.0 Å². The Labute approximate surface area is 132 Å². The van der Waals surface area contributed by atoms with Crippen LogP contribution in [0.5, 0.6) is 0 Å². The molecular formula is C14H24N4O3S. The average Bonchev–Trinajstić information content (AvgIpc) is 2.43. The number of hydrogen-bond acceptors (Lipinski definition) is 4. The first kappa shape index (κ1) is 18.2. The molecule has 1 aromatic rings. The molecule has 0 aliphatic heterocycles. The lowest BCUT2D eigenvalue weighted by Gasteiger charge is -2.18. The average molecular weight is 328 g/mol. The molecule has 1 aromatic carbocycles. The van der Waals surface area contributed by atoms with Gasteiger partial charge in [-0.2, -0.15) is 0 Å². The molecule has 0 amide bonds. The third kappa shape index (κ3) is 6.77. The monoisotopic (exact) mass is 328 g/mol. The molecule has 0 heterocycles. The van der Waals surface area contributed by atoms with Gasteiger partial charge in [0.05, 0.1) is 18.6 Å². The van der Waals surface area contributed by atoms with Crippen LogP contribution in [0.1, 0.15) is 12.5 Å². The molecule has 0 radical (unpaired) electrons. The van der Waals surface area contributed by atoms with E-state index in [4.69, 9.17) is 4.74 Å². The van der Waals surface area contributed by atoms with E-state index in [-0.39, 0.29) is 6.04 Å². The Balaban J connectivity index is 2.71. The van der Waals surface area contributed by atoms with Crippen molar-refractivity contribution < 1.29 is 13.2 Å². The molecule has 3 N–H and O–H groups in total. The quantitative estimate of drug-likeness (QED) is 0.508. The van der Waals surface area contributed by atoms with Crippen LogP contribution in [0.4, 0.5) is 5.69 Å². The van der Waals surface area contributed by atoms with E-state index in [0.717, 1.165) is 11.8 Å². The summed E-state index contributed by atoms with van der Waals surface area (Å²) in [6.45, 7) is 2.99. The first-order chi connectivity index (χ1) is 10.4. The number of ether oxygens (including phenoxy) is 1. The van der Waals surface area contributed by atoms with E-state index in [1.165, 1.54) is 0 Å². The van der Waals surface area contributed by atoms with Crippen LogP contribution >= 0.6 is 0 Å². The molecule has 0 aliphatic rings. The number of nitrogens with zero attached hydrogens (tertiary/aromatic N) is 1. The summed E-state index contributed by atoms with van der Waals surface area (Å²) in [6, 6.07) is 7.33. The first-order valence-corrected chi connectivity index (χ1v) is 8.76. The second kappa shape index (κ2) is 8.60. The van der Waals surface area contributed by atoms with Crippen molar-refractivity contribution in [3.63, 3.8) is 0 Å². The van der Waals surface area contributed by atoms with Crippen LogP contribution in [-0.2, 0) is 21.3 Å². The van der Waals surface area contributed by atoms with Crippen molar-refractivity contribution >= 4 is 21.7 Å². The van der Waals surface area contributed by atoms with Gasteiger partial charge in [-0.1, -0.05) is 18.2 Å². The van der Waals surface area contributed by atoms with Gasteiger partial charge >= 0.3 is 0 Å². The maximum Gasteiger partial charge on any atom is 0.229 e. The van der Waals surface area contributed by atoms with Gasteiger partial charge in [0.2, 0.25) is 10.0 Å². The van der Waals surface area contributed by atoms with Crippen molar-refractivity contribution in [2.75, 3.05) is 31.7 Å². The van der Waals surface area contributed by atoms with E-state index in [9.17, 15) is 8.42 Å². The highest BCUT2D eigenvalue weighted by Crippen LogP contribution is 2.15. The molecule has 22 heavy (non-hydrogen) atoms. The zero-order valence-corrected chi connectivity index (χ0v) is 14.2. The van der Waals surface area contributed by atoms with Crippen molar-refractivity contribution in [1.29, 1.82) is 0 Å². The SMILES string of the molecule is CN=C(NCc1ccccc1NS(C)(=O)=O)NC(C)COC. The second-order valence-corrected chi connectivity index (χ2v) is 6.71. The third-order valence-corrected chi connectivity index (χ3v) is 3.37. The summed E-state index contributed by atoms with van der Waals surface area (Å²) in [6.07, 6.45) is 1.13. The highest BCUT2D eigenvalue weighted by Gasteiger charge is 2.08. The van der Waals surface area contributed by atoms with Gasteiger partial charge in [-0.3, -0.25) is 9.71 Å². The minimum atomic E-state index is -3.31. The minimum Gasteiger partial charge on any atom is -0.383 e. The normalized spacial score (nSPS) is 13.5. The molecule has 0 spiro atoms. The molecule has 0 aromatic heterocycles.